The Kier molecular flexibility index (Phi) is 2.95. The third-order valence-corrected chi connectivity index (χ3v) is 3.89. The molecule has 2 aromatic heterocycles. The molecule has 0 saturated carbocycles. The minimum absolute atomic E-state index is 0.164. The summed E-state index contributed by atoms with van der Waals surface area (Å²) in [5, 5.41) is 0. The fraction of sp³-hybridized carbons (Fsp3) is 0.385. The monoisotopic (exact) mass is 306 g/mol. The predicted molar refractivity (Wildman–Crippen MR) is 73.7 cm³/mol. The van der Waals surface area contributed by atoms with Crippen molar-refractivity contribution in [2.75, 3.05) is 0 Å². The Bertz CT molecular complexity index is 573. The molecule has 18 heavy (non-hydrogen) atoms. The smallest absolute Gasteiger partial charge is 0.155 e. The summed E-state index contributed by atoms with van der Waals surface area (Å²) in [5.41, 5.74) is 9.91. The zero-order chi connectivity index (χ0) is 12.7. The zero-order valence-electron chi connectivity index (χ0n) is 10.2. The molecule has 5 heteroatoms. The van der Waals surface area contributed by atoms with Crippen LogP contribution in [0.1, 0.15) is 35.8 Å². The van der Waals surface area contributed by atoms with Crippen molar-refractivity contribution in [3.05, 3.63) is 40.0 Å². The molecule has 0 radical (unpaired) electrons. The molecule has 1 unspecified atom stereocenters. The molecule has 0 bridgehead atoms. The van der Waals surface area contributed by atoms with Gasteiger partial charge in [0.05, 0.1) is 12.4 Å². The second-order valence-electron chi connectivity index (χ2n) is 4.72. The van der Waals surface area contributed by atoms with Gasteiger partial charge in [-0.05, 0) is 53.7 Å². The number of nitrogens with two attached hydrogens (primary N) is 1. The molecule has 0 aliphatic heterocycles. The SMILES string of the molecule is Cc1cc2c(n1-c1cnc(Br)cn1)CCCC2N. The van der Waals surface area contributed by atoms with Gasteiger partial charge < -0.3 is 10.3 Å². The third-order valence-electron chi connectivity index (χ3n) is 3.48. The molecular formula is C13H15BrN4. The summed E-state index contributed by atoms with van der Waals surface area (Å²) < 4.78 is 2.93. The van der Waals surface area contributed by atoms with Gasteiger partial charge in [-0.25, -0.2) is 9.97 Å². The minimum atomic E-state index is 0.164. The largest absolute Gasteiger partial charge is 0.324 e. The van der Waals surface area contributed by atoms with Gasteiger partial charge in [-0.3, -0.25) is 0 Å². The van der Waals surface area contributed by atoms with E-state index in [1.54, 1.807) is 12.4 Å². The Morgan fingerprint density at radius 3 is 2.94 bits per heavy atom. The number of aryl methyl sites for hydroxylation is 1. The fourth-order valence-corrected chi connectivity index (χ4v) is 2.88. The van der Waals surface area contributed by atoms with Crippen LogP contribution in [0.25, 0.3) is 5.82 Å². The highest BCUT2D eigenvalue weighted by molar-refractivity contribution is 9.10. The number of rotatable bonds is 1. The van der Waals surface area contributed by atoms with Gasteiger partial charge in [0.25, 0.3) is 0 Å². The van der Waals surface area contributed by atoms with Gasteiger partial charge in [-0.1, -0.05) is 0 Å². The highest BCUT2D eigenvalue weighted by Gasteiger charge is 2.23. The highest BCUT2D eigenvalue weighted by atomic mass is 79.9. The summed E-state index contributed by atoms with van der Waals surface area (Å²) in [6, 6.07) is 2.35. The first-order chi connectivity index (χ1) is 8.66. The molecule has 0 fully saturated rings. The van der Waals surface area contributed by atoms with Crippen molar-refractivity contribution in [2.24, 2.45) is 5.73 Å². The van der Waals surface area contributed by atoms with Gasteiger partial charge in [-0.15, -0.1) is 0 Å². The molecule has 2 aromatic rings. The van der Waals surface area contributed by atoms with Crippen LogP contribution in [0, 0.1) is 6.92 Å². The average molecular weight is 307 g/mol. The summed E-state index contributed by atoms with van der Waals surface area (Å²) in [7, 11) is 0. The van der Waals surface area contributed by atoms with Gasteiger partial charge >= 0.3 is 0 Å². The van der Waals surface area contributed by atoms with Crippen LogP contribution >= 0.6 is 15.9 Å². The maximum Gasteiger partial charge on any atom is 0.155 e. The zero-order valence-corrected chi connectivity index (χ0v) is 11.8. The Hall–Kier alpha value is -1.20. The van der Waals surface area contributed by atoms with Crippen LogP contribution in [0.4, 0.5) is 0 Å². The highest BCUT2D eigenvalue weighted by Crippen LogP contribution is 2.32. The molecular weight excluding hydrogens is 292 g/mol. The summed E-state index contributed by atoms with van der Waals surface area (Å²) >= 11 is 3.31. The minimum Gasteiger partial charge on any atom is -0.324 e. The van der Waals surface area contributed by atoms with Gasteiger partial charge in [0.1, 0.15) is 4.60 Å². The topological polar surface area (TPSA) is 56.7 Å². The van der Waals surface area contributed by atoms with E-state index in [-0.39, 0.29) is 6.04 Å². The molecule has 0 aromatic carbocycles. The van der Waals surface area contributed by atoms with E-state index in [1.807, 2.05) is 0 Å². The number of nitrogens with zero attached hydrogens (tertiary/aromatic N) is 3. The lowest BCUT2D eigenvalue weighted by Crippen LogP contribution is -2.18. The lowest BCUT2D eigenvalue weighted by molar-refractivity contribution is 0.559. The molecule has 2 heterocycles. The summed E-state index contributed by atoms with van der Waals surface area (Å²) in [6.45, 7) is 2.09. The Labute approximate surface area is 114 Å². The van der Waals surface area contributed by atoms with Crippen molar-refractivity contribution < 1.29 is 0 Å². The average Bonchev–Trinajstić information content (AvgIpc) is 2.69. The van der Waals surface area contributed by atoms with Crippen molar-refractivity contribution in [3.63, 3.8) is 0 Å². The number of fused-ring (bicyclic) bond motifs is 1. The fourth-order valence-electron chi connectivity index (χ4n) is 2.68. The van der Waals surface area contributed by atoms with Crippen molar-refractivity contribution in [2.45, 2.75) is 32.2 Å². The summed E-state index contributed by atoms with van der Waals surface area (Å²) in [4.78, 5) is 8.67. The normalized spacial score (nSPS) is 18.7. The van der Waals surface area contributed by atoms with E-state index in [2.05, 4.69) is 43.5 Å². The number of hydrogen-bond acceptors (Lipinski definition) is 3. The second kappa shape index (κ2) is 4.48. The predicted octanol–water partition coefficient (Wildman–Crippen LogP) is 2.67. The Morgan fingerprint density at radius 1 is 1.39 bits per heavy atom. The number of hydrogen-bond donors (Lipinski definition) is 1. The first-order valence-corrected chi connectivity index (χ1v) is 6.90. The molecule has 1 aliphatic carbocycles. The molecule has 0 saturated heterocycles. The van der Waals surface area contributed by atoms with E-state index in [1.165, 1.54) is 17.0 Å². The van der Waals surface area contributed by atoms with E-state index >= 15 is 0 Å². The standard InChI is InChI=1S/C13H15BrN4/c1-8-5-9-10(15)3-2-4-11(9)18(8)13-7-16-12(14)6-17-13/h5-7,10H,2-4,15H2,1H3. The van der Waals surface area contributed by atoms with Gasteiger partial charge in [0, 0.05) is 17.4 Å². The maximum atomic E-state index is 6.17. The van der Waals surface area contributed by atoms with E-state index in [9.17, 15) is 0 Å². The summed E-state index contributed by atoms with van der Waals surface area (Å²) in [6.07, 6.45) is 6.79. The Morgan fingerprint density at radius 2 is 2.22 bits per heavy atom. The van der Waals surface area contributed by atoms with Gasteiger partial charge in [-0.2, -0.15) is 0 Å². The van der Waals surface area contributed by atoms with Gasteiger partial charge in [0.15, 0.2) is 5.82 Å². The molecule has 1 atom stereocenters. The van der Waals surface area contributed by atoms with E-state index in [4.69, 9.17) is 5.73 Å². The molecule has 4 nitrogen and oxygen atoms in total. The molecule has 2 N–H and O–H groups in total. The quantitative estimate of drug-likeness (QED) is 0.881. The van der Waals surface area contributed by atoms with Crippen LogP contribution in [0.2, 0.25) is 0 Å². The number of aromatic nitrogens is 3. The van der Waals surface area contributed by atoms with Crippen LogP contribution < -0.4 is 5.73 Å². The molecule has 1 aliphatic rings. The van der Waals surface area contributed by atoms with Crippen molar-refractivity contribution in [3.8, 4) is 5.82 Å². The van der Waals surface area contributed by atoms with Crippen LogP contribution in [0.5, 0.6) is 0 Å². The maximum absolute atomic E-state index is 6.17. The van der Waals surface area contributed by atoms with Crippen molar-refractivity contribution in [1.29, 1.82) is 0 Å². The molecule has 3 rings (SSSR count). The van der Waals surface area contributed by atoms with Crippen molar-refractivity contribution in [1.82, 2.24) is 14.5 Å². The molecule has 94 valence electrons. The van der Waals surface area contributed by atoms with Crippen LogP contribution in [0.3, 0.4) is 0 Å². The van der Waals surface area contributed by atoms with Crippen LogP contribution in [-0.2, 0) is 6.42 Å². The summed E-state index contributed by atoms with van der Waals surface area (Å²) in [5.74, 6) is 0.867. The van der Waals surface area contributed by atoms with E-state index < -0.39 is 0 Å². The lowest BCUT2D eigenvalue weighted by Gasteiger charge is -2.20. The Balaban J connectivity index is 2.15. The van der Waals surface area contributed by atoms with Gasteiger partial charge in [0.2, 0.25) is 0 Å². The molecule has 0 spiro atoms. The third kappa shape index (κ3) is 1.87. The first kappa shape index (κ1) is 11.9. The number of halogens is 1. The molecule has 0 amide bonds. The van der Waals surface area contributed by atoms with Crippen molar-refractivity contribution >= 4 is 15.9 Å². The van der Waals surface area contributed by atoms with E-state index in [0.717, 1.165) is 29.7 Å². The van der Waals surface area contributed by atoms with Crippen LogP contribution in [0.15, 0.2) is 23.1 Å². The van der Waals surface area contributed by atoms with E-state index in [0.29, 0.717) is 0 Å². The lowest BCUT2D eigenvalue weighted by atomic mass is 9.93. The van der Waals surface area contributed by atoms with Crippen LogP contribution in [-0.4, -0.2) is 14.5 Å². The first-order valence-electron chi connectivity index (χ1n) is 6.11. The second-order valence-corrected chi connectivity index (χ2v) is 5.53.